The Morgan fingerprint density at radius 3 is 1.27 bits per heavy atom. The molecule has 8 N–H and O–H groups in total. The maximum Gasteiger partial charge on any atom is 0.205 e. The Morgan fingerprint density at radius 1 is 0.435 bits per heavy atom. The number of hydrogen-bond donors (Lipinski definition) is 4. The van der Waals surface area contributed by atoms with Crippen molar-refractivity contribution < 1.29 is 0 Å². The average Bonchev–Trinajstić information content (AvgIpc) is 1.56. The van der Waals surface area contributed by atoms with Gasteiger partial charge >= 0.3 is 0 Å². The molecule has 16 rings (SSSR count). The summed E-state index contributed by atoms with van der Waals surface area (Å²) in [6, 6.07) is 16.7. The second-order valence-electron chi connectivity index (χ2n) is 31.3. The van der Waals surface area contributed by atoms with E-state index in [-0.39, 0.29) is 41.1 Å². The standard InChI is InChI=1S/C22H27N5S.2C22H26N4S.C20H22N4S2/c1-4-8-16-11-17(14-24-13-16)18-12-19(27(3)26-18)21(2)15-22(28-20(23)25-21)9-6-5-7-10-22;2*1-3-7-17-12-19(14-24-13-17)26-11-8-18(15-26)21(2)16-22(27-20(23)25-21)9-5-4-6-10-22;1-19(13-20(26-18(21)24-19)6-4-3-5-7-20)17-9-15(12-25-17)14-8-16(22-2)11-23-10-14/h11-14H,5-7,9-10,15H2,1-3H3,(H2,23,25);2*8,11-15H,4-6,9-10,16H2,1-2H3,(H2,23,25);8-12H,3-7,13H2,1H3,(H2,21,24)/t;21-;;19-/m.0.1/s1. The summed E-state index contributed by atoms with van der Waals surface area (Å²) in [5.41, 5.74) is 36.9. The fraction of sp³-hybridized carbons (Fsp3) is 0.465. The Balaban J connectivity index is 0.000000127. The van der Waals surface area contributed by atoms with Crippen molar-refractivity contribution in [3.63, 3.8) is 0 Å². The van der Waals surface area contributed by atoms with Crippen LogP contribution in [-0.4, -0.2) is 78.5 Å². The minimum Gasteiger partial charge on any atom is -0.378 e. The molecule has 22 heteroatoms. The molecule has 8 aliphatic rings. The SMILES string of the molecule is CC#Cc1cncc(-c2cc(C3(C)CC4(CCCCC4)SC(N)=N3)n(C)n2)c1.CC#Cc1cncc(-n2ccc(C3(C)CC4(CCCCC4)SC(N)=N3)c2)c1.CC#Cc1cncc(-n2ccc([C@]3(C)CC4(CCCCC4)SC(N)=N3)c2)c1.[C-]#[N+]c1cncc(-c2csc([C@@]3(C)CC4(CCCCC4)SC(N)=N3)c2)c1. The summed E-state index contributed by atoms with van der Waals surface area (Å²) in [5, 5.41) is 9.83. The summed E-state index contributed by atoms with van der Waals surface area (Å²) in [4.78, 5) is 41.5. The number of pyridine rings is 4. The topological polar surface area (TPSA) is 237 Å². The van der Waals surface area contributed by atoms with E-state index < -0.39 is 0 Å². The van der Waals surface area contributed by atoms with E-state index in [1.165, 1.54) is 144 Å². The highest BCUT2D eigenvalue weighted by Crippen LogP contribution is 2.57. The number of amidine groups is 4. The molecule has 17 nitrogen and oxygen atoms in total. The Labute approximate surface area is 659 Å². The highest BCUT2D eigenvalue weighted by atomic mass is 32.2. The van der Waals surface area contributed by atoms with Crippen LogP contribution in [0.2, 0.25) is 0 Å². The molecule has 0 amide bonds. The van der Waals surface area contributed by atoms with Crippen LogP contribution in [0.5, 0.6) is 0 Å². The van der Waals surface area contributed by atoms with Crippen molar-refractivity contribution in [3.05, 3.63) is 178 Å². The van der Waals surface area contributed by atoms with Gasteiger partial charge in [-0.15, -0.1) is 29.1 Å². The van der Waals surface area contributed by atoms with Crippen molar-refractivity contribution in [2.45, 2.75) is 244 Å². The van der Waals surface area contributed by atoms with Gasteiger partial charge < -0.3 is 32.1 Å². The van der Waals surface area contributed by atoms with E-state index >= 15 is 0 Å². The van der Waals surface area contributed by atoms with Crippen LogP contribution < -0.4 is 22.9 Å². The van der Waals surface area contributed by atoms with Gasteiger partial charge in [-0.2, -0.15) is 5.10 Å². The molecule has 0 aromatic carbocycles. The number of thioether (sulfide) groups is 4. The summed E-state index contributed by atoms with van der Waals surface area (Å²) >= 11 is 8.96. The highest BCUT2D eigenvalue weighted by Gasteiger charge is 2.50. The van der Waals surface area contributed by atoms with E-state index in [1.54, 1.807) is 59.6 Å². The van der Waals surface area contributed by atoms with Gasteiger partial charge in [0.1, 0.15) is 5.54 Å². The lowest BCUT2D eigenvalue weighted by molar-refractivity contribution is 0.293. The molecule has 4 saturated carbocycles. The average molecular weight is 1530 g/mol. The van der Waals surface area contributed by atoms with Crippen LogP contribution in [0.1, 0.15) is 241 Å². The van der Waals surface area contributed by atoms with Gasteiger partial charge in [-0.1, -0.05) is 142 Å². The van der Waals surface area contributed by atoms with E-state index in [0.717, 1.165) is 97.3 Å². The van der Waals surface area contributed by atoms with Crippen LogP contribution in [-0.2, 0) is 29.2 Å². The number of rotatable bonds is 8. The number of hydrogen-bond acceptors (Lipinski definition) is 18. The molecule has 0 saturated heterocycles. The van der Waals surface area contributed by atoms with Crippen molar-refractivity contribution in [2.24, 2.45) is 50.0 Å². The molecule has 108 heavy (non-hydrogen) atoms. The predicted octanol–water partition coefficient (Wildman–Crippen LogP) is 19.2. The summed E-state index contributed by atoms with van der Waals surface area (Å²) in [6.07, 6.45) is 52.6. The van der Waals surface area contributed by atoms with Gasteiger partial charge in [0.2, 0.25) is 5.69 Å². The maximum atomic E-state index is 7.19. The number of nitrogens with zero attached hydrogens (tertiary/aromatic N) is 13. The highest BCUT2D eigenvalue weighted by molar-refractivity contribution is 8.15. The third kappa shape index (κ3) is 17.9. The van der Waals surface area contributed by atoms with E-state index in [1.807, 2.05) is 92.9 Å². The molecule has 8 aromatic heterocycles. The lowest BCUT2D eigenvalue weighted by Gasteiger charge is -2.45. The molecule has 4 spiro atoms. The van der Waals surface area contributed by atoms with Crippen LogP contribution >= 0.6 is 58.4 Å². The minimum absolute atomic E-state index is 0.210. The molecule has 4 aliphatic heterocycles. The lowest BCUT2D eigenvalue weighted by Crippen LogP contribution is -2.43. The van der Waals surface area contributed by atoms with Crippen molar-refractivity contribution in [3.8, 4) is 69.3 Å². The van der Waals surface area contributed by atoms with Crippen molar-refractivity contribution in [2.75, 3.05) is 0 Å². The third-order valence-electron chi connectivity index (χ3n) is 22.7. The quantitative estimate of drug-likeness (QED) is 0.0819. The molecular formula is C86H101N17S5. The Kier molecular flexibility index (Phi) is 23.7. The molecule has 4 aliphatic carbocycles. The van der Waals surface area contributed by atoms with Crippen LogP contribution in [0, 0.1) is 42.1 Å². The van der Waals surface area contributed by atoms with Crippen LogP contribution in [0.4, 0.5) is 5.69 Å². The zero-order valence-corrected chi connectivity index (χ0v) is 67.8. The Bertz CT molecular complexity index is 4790. The fourth-order valence-corrected chi connectivity index (χ4v) is 25.1. The molecule has 2 unspecified atom stereocenters. The van der Waals surface area contributed by atoms with Crippen LogP contribution in [0.25, 0.3) is 38.6 Å². The largest absolute Gasteiger partial charge is 0.378 e. The minimum atomic E-state index is -0.360. The van der Waals surface area contributed by atoms with Crippen LogP contribution in [0.15, 0.2) is 148 Å². The summed E-state index contributed by atoms with van der Waals surface area (Å²) < 4.78 is 7.12. The Morgan fingerprint density at radius 2 is 0.824 bits per heavy atom. The van der Waals surface area contributed by atoms with Crippen LogP contribution in [0.3, 0.4) is 0 Å². The Hall–Kier alpha value is -8.48. The first kappa shape index (κ1) is 77.7. The zero-order chi connectivity index (χ0) is 75.8. The fourth-order valence-electron chi connectivity index (χ4n) is 17.9. The molecule has 560 valence electrons. The molecule has 4 atom stereocenters. The summed E-state index contributed by atoms with van der Waals surface area (Å²) in [7, 11) is 1.99. The van der Waals surface area contributed by atoms with Gasteiger partial charge in [0.15, 0.2) is 20.7 Å². The van der Waals surface area contributed by atoms with E-state index in [4.69, 9.17) is 54.6 Å². The normalized spacial score (nSPS) is 24.2. The summed E-state index contributed by atoms with van der Waals surface area (Å²) in [5.74, 6) is 18.0. The first-order valence-electron chi connectivity index (χ1n) is 38.1. The van der Waals surface area contributed by atoms with Gasteiger partial charge in [0.05, 0.1) is 58.3 Å². The van der Waals surface area contributed by atoms with Gasteiger partial charge in [0, 0.05) is 115 Å². The number of nitrogens with two attached hydrogens (primary N) is 4. The number of aryl methyl sites for hydroxylation is 1. The molecule has 0 bridgehead atoms. The second kappa shape index (κ2) is 33.0. The van der Waals surface area contributed by atoms with E-state index in [9.17, 15) is 0 Å². The van der Waals surface area contributed by atoms with Crippen molar-refractivity contribution in [1.82, 2.24) is 38.9 Å². The summed E-state index contributed by atoms with van der Waals surface area (Å²) in [6.45, 7) is 21.6. The monoisotopic (exact) mass is 1530 g/mol. The van der Waals surface area contributed by atoms with Gasteiger partial charge in [-0.05, 0) is 202 Å². The van der Waals surface area contributed by atoms with Gasteiger partial charge in [-0.3, -0.25) is 39.6 Å². The first-order valence-corrected chi connectivity index (χ1v) is 42.3. The number of aliphatic imine (C=N–C) groups is 4. The second-order valence-corrected chi connectivity index (χ2v) is 38.2. The number of aromatic nitrogens is 8. The van der Waals surface area contributed by atoms with E-state index in [2.05, 4.69) is 164 Å². The first-order chi connectivity index (χ1) is 52.0. The smallest absolute Gasteiger partial charge is 0.205 e. The molecule has 12 heterocycles. The molecule has 8 aromatic rings. The van der Waals surface area contributed by atoms with Gasteiger partial charge in [-0.25, -0.2) is 9.84 Å². The molecule has 4 fully saturated rings. The lowest BCUT2D eigenvalue weighted by atomic mass is 9.77. The van der Waals surface area contributed by atoms with Gasteiger partial charge in [0.25, 0.3) is 0 Å². The number of thiophene rings is 1. The molecular weight excluding hydrogens is 1430 g/mol. The third-order valence-corrected chi connectivity index (χ3v) is 29.0. The van der Waals surface area contributed by atoms with E-state index in [0.29, 0.717) is 10.9 Å². The molecule has 0 radical (unpaired) electrons. The predicted molar refractivity (Wildman–Crippen MR) is 453 cm³/mol. The maximum absolute atomic E-state index is 7.19. The van der Waals surface area contributed by atoms with Crippen molar-refractivity contribution in [1.29, 1.82) is 0 Å². The zero-order valence-electron chi connectivity index (χ0n) is 63.8. The van der Waals surface area contributed by atoms with Crippen molar-refractivity contribution >= 4 is 84.7 Å².